The summed E-state index contributed by atoms with van der Waals surface area (Å²) in [6.45, 7) is 1.31. The average molecular weight is 397 g/mol. The molecule has 2 aromatic heterocycles. The lowest BCUT2D eigenvalue weighted by Crippen LogP contribution is -2.40. The Morgan fingerprint density at radius 1 is 1.48 bits per heavy atom. The van der Waals surface area contributed by atoms with E-state index in [2.05, 4.69) is 41.5 Å². The quantitative estimate of drug-likeness (QED) is 0.740. The molecule has 0 aromatic carbocycles. The minimum absolute atomic E-state index is 0. The average Bonchev–Trinajstić information content (AvgIpc) is 3.04. The number of halogens is 3. The molecule has 6 nitrogen and oxygen atoms in total. The molecular weight excluding hydrogens is 381 g/mol. The van der Waals surface area contributed by atoms with Gasteiger partial charge in [-0.15, -0.1) is 24.8 Å². The van der Waals surface area contributed by atoms with Crippen LogP contribution in [0.5, 0.6) is 0 Å². The van der Waals surface area contributed by atoms with Gasteiger partial charge in [0.25, 0.3) is 0 Å². The van der Waals surface area contributed by atoms with Gasteiger partial charge in [0.1, 0.15) is 5.82 Å². The molecule has 0 bridgehead atoms. The van der Waals surface area contributed by atoms with E-state index < -0.39 is 0 Å². The van der Waals surface area contributed by atoms with Crippen LogP contribution in [0, 0.1) is 0 Å². The lowest BCUT2D eigenvalue weighted by Gasteiger charge is -2.09. The SMILES string of the molecule is Cl.Cl.O=C(NCc1nc2ncc(Br)cc2[nH]1)C1CCCN1. The lowest BCUT2D eigenvalue weighted by atomic mass is 10.2. The van der Waals surface area contributed by atoms with E-state index in [4.69, 9.17) is 0 Å². The molecule has 2 aromatic rings. The van der Waals surface area contributed by atoms with E-state index in [1.54, 1.807) is 6.20 Å². The maximum atomic E-state index is 11.8. The number of pyridine rings is 1. The standard InChI is InChI=1S/C12H14BrN5O.2ClH/c13-7-4-9-11(15-5-7)18-10(17-9)6-16-12(19)8-2-1-3-14-8;;/h4-5,8,14H,1-3,6H2,(H,16,19)(H,15,17,18);2*1H. The van der Waals surface area contributed by atoms with Crippen molar-refractivity contribution in [3.63, 3.8) is 0 Å². The molecule has 3 heterocycles. The Morgan fingerprint density at radius 3 is 3.00 bits per heavy atom. The molecule has 0 spiro atoms. The maximum absolute atomic E-state index is 11.8. The summed E-state index contributed by atoms with van der Waals surface area (Å²) in [5, 5.41) is 6.05. The van der Waals surface area contributed by atoms with Crippen LogP contribution < -0.4 is 10.6 Å². The first kappa shape index (κ1) is 18.2. The molecule has 1 atom stereocenters. The zero-order chi connectivity index (χ0) is 13.2. The van der Waals surface area contributed by atoms with E-state index in [1.165, 1.54) is 0 Å². The van der Waals surface area contributed by atoms with Crippen molar-refractivity contribution in [2.75, 3.05) is 6.54 Å². The van der Waals surface area contributed by atoms with Gasteiger partial charge in [0.15, 0.2) is 5.65 Å². The van der Waals surface area contributed by atoms with Crippen molar-refractivity contribution in [3.05, 3.63) is 22.6 Å². The smallest absolute Gasteiger partial charge is 0.237 e. The number of aromatic nitrogens is 3. The predicted molar refractivity (Wildman–Crippen MR) is 89.0 cm³/mol. The highest BCUT2D eigenvalue weighted by Gasteiger charge is 2.21. The van der Waals surface area contributed by atoms with Gasteiger partial charge in [-0.1, -0.05) is 0 Å². The molecule has 1 aliphatic heterocycles. The topological polar surface area (TPSA) is 82.7 Å². The number of imidazole rings is 1. The van der Waals surface area contributed by atoms with Crippen LogP contribution in [0.25, 0.3) is 11.2 Å². The first-order valence-electron chi connectivity index (χ1n) is 6.23. The molecule has 1 unspecified atom stereocenters. The van der Waals surface area contributed by atoms with Crippen LogP contribution in [-0.2, 0) is 11.3 Å². The van der Waals surface area contributed by atoms with Crippen LogP contribution in [0.4, 0.5) is 0 Å². The second-order valence-corrected chi connectivity index (χ2v) is 5.49. The van der Waals surface area contributed by atoms with Gasteiger partial charge >= 0.3 is 0 Å². The Morgan fingerprint density at radius 2 is 2.29 bits per heavy atom. The number of H-pyrrole nitrogens is 1. The molecule has 1 fully saturated rings. The number of nitrogens with zero attached hydrogens (tertiary/aromatic N) is 2. The Kier molecular flexibility index (Phi) is 6.86. The zero-order valence-corrected chi connectivity index (χ0v) is 14.3. The molecule has 3 rings (SSSR count). The minimum atomic E-state index is -0.0587. The highest BCUT2D eigenvalue weighted by atomic mass is 79.9. The van der Waals surface area contributed by atoms with Gasteiger partial charge in [0, 0.05) is 10.7 Å². The first-order valence-corrected chi connectivity index (χ1v) is 7.03. The lowest BCUT2D eigenvalue weighted by molar-refractivity contribution is -0.122. The summed E-state index contributed by atoms with van der Waals surface area (Å²) < 4.78 is 0.898. The third kappa shape index (κ3) is 4.29. The Labute approximate surface area is 142 Å². The predicted octanol–water partition coefficient (Wildman–Crippen LogP) is 1.93. The number of amides is 1. The van der Waals surface area contributed by atoms with Gasteiger partial charge < -0.3 is 15.6 Å². The number of hydrogen-bond acceptors (Lipinski definition) is 4. The second-order valence-electron chi connectivity index (χ2n) is 4.57. The maximum Gasteiger partial charge on any atom is 0.237 e. The summed E-state index contributed by atoms with van der Waals surface area (Å²) in [6.07, 6.45) is 3.66. The number of nitrogens with one attached hydrogen (secondary N) is 3. The van der Waals surface area contributed by atoms with Gasteiger partial charge in [-0.25, -0.2) is 9.97 Å². The molecule has 1 aliphatic rings. The van der Waals surface area contributed by atoms with Gasteiger partial charge in [-0.05, 0) is 41.4 Å². The minimum Gasteiger partial charge on any atom is -0.348 e. The second kappa shape index (κ2) is 7.93. The van der Waals surface area contributed by atoms with Crippen molar-refractivity contribution in [3.8, 4) is 0 Å². The van der Waals surface area contributed by atoms with E-state index in [9.17, 15) is 4.79 Å². The Hall–Kier alpha value is -0.890. The fourth-order valence-corrected chi connectivity index (χ4v) is 2.54. The summed E-state index contributed by atoms with van der Waals surface area (Å²) in [5.41, 5.74) is 1.52. The number of rotatable bonds is 3. The van der Waals surface area contributed by atoms with Crippen LogP contribution in [0.3, 0.4) is 0 Å². The Bertz CT molecular complexity index is 615. The molecule has 116 valence electrons. The molecule has 0 radical (unpaired) electrons. The number of fused-ring (bicyclic) bond motifs is 1. The molecule has 9 heteroatoms. The summed E-state index contributed by atoms with van der Waals surface area (Å²) in [5.74, 6) is 0.749. The molecule has 0 aliphatic carbocycles. The molecule has 21 heavy (non-hydrogen) atoms. The van der Waals surface area contributed by atoms with E-state index in [0.29, 0.717) is 18.0 Å². The number of aromatic amines is 1. The van der Waals surface area contributed by atoms with Gasteiger partial charge in [-0.3, -0.25) is 4.79 Å². The van der Waals surface area contributed by atoms with Crippen molar-refractivity contribution in [2.24, 2.45) is 0 Å². The van der Waals surface area contributed by atoms with Crippen molar-refractivity contribution < 1.29 is 4.79 Å². The summed E-state index contributed by atoms with van der Waals surface area (Å²) in [6, 6.07) is 1.86. The highest BCUT2D eigenvalue weighted by Crippen LogP contribution is 2.15. The number of carbonyl (C=O) groups excluding carboxylic acids is 1. The van der Waals surface area contributed by atoms with Gasteiger partial charge in [0.05, 0.1) is 18.1 Å². The monoisotopic (exact) mass is 395 g/mol. The van der Waals surface area contributed by atoms with Crippen molar-refractivity contribution >= 4 is 57.8 Å². The Balaban J connectivity index is 0.00000110. The molecule has 0 saturated carbocycles. The largest absolute Gasteiger partial charge is 0.348 e. The third-order valence-electron chi connectivity index (χ3n) is 3.16. The van der Waals surface area contributed by atoms with Crippen LogP contribution in [0.2, 0.25) is 0 Å². The van der Waals surface area contributed by atoms with E-state index in [-0.39, 0.29) is 36.8 Å². The van der Waals surface area contributed by atoms with Gasteiger partial charge in [-0.2, -0.15) is 0 Å². The summed E-state index contributed by atoms with van der Waals surface area (Å²) in [7, 11) is 0. The zero-order valence-electron chi connectivity index (χ0n) is 11.1. The number of hydrogen-bond donors (Lipinski definition) is 3. The molecular formula is C12H16BrCl2N5O. The van der Waals surface area contributed by atoms with E-state index in [1.807, 2.05) is 6.07 Å². The fourth-order valence-electron chi connectivity index (χ4n) is 2.21. The summed E-state index contributed by atoms with van der Waals surface area (Å²) in [4.78, 5) is 23.5. The van der Waals surface area contributed by atoms with Gasteiger partial charge in [0.2, 0.25) is 5.91 Å². The summed E-state index contributed by atoms with van der Waals surface area (Å²) >= 11 is 3.36. The van der Waals surface area contributed by atoms with Crippen LogP contribution in [0.15, 0.2) is 16.7 Å². The van der Waals surface area contributed by atoms with Crippen molar-refractivity contribution in [2.45, 2.75) is 25.4 Å². The number of carbonyl (C=O) groups is 1. The fraction of sp³-hybridized carbons (Fsp3) is 0.417. The highest BCUT2D eigenvalue weighted by molar-refractivity contribution is 9.10. The van der Waals surface area contributed by atoms with E-state index in [0.717, 1.165) is 29.4 Å². The van der Waals surface area contributed by atoms with Crippen molar-refractivity contribution in [1.82, 2.24) is 25.6 Å². The first-order chi connectivity index (χ1) is 9.22. The van der Waals surface area contributed by atoms with Crippen LogP contribution in [0.1, 0.15) is 18.7 Å². The van der Waals surface area contributed by atoms with Crippen LogP contribution in [-0.4, -0.2) is 33.4 Å². The third-order valence-corrected chi connectivity index (χ3v) is 3.59. The molecule has 1 saturated heterocycles. The normalized spacial score (nSPS) is 17.1. The van der Waals surface area contributed by atoms with E-state index >= 15 is 0 Å². The molecule has 3 N–H and O–H groups in total. The van der Waals surface area contributed by atoms with Crippen LogP contribution >= 0.6 is 40.7 Å². The van der Waals surface area contributed by atoms with Crippen molar-refractivity contribution in [1.29, 1.82) is 0 Å². The molecule has 1 amide bonds.